The molecule has 0 aliphatic rings. The maximum atomic E-state index is 9.24. The van der Waals surface area contributed by atoms with Gasteiger partial charge in [0.25, 0.3) is 0 Å². The van der Waals surface area contributed by atoms with Crippen molar-refractivity contribution in [2.24, 2.45) is 0 Å². The van der Waals surface area contributed by atoms with Crippen molar-refractivity contribution in [2.75, 3.05) is 13.6 Å². The van der Waals surface area contributed by atoms with Crippen LogP contribution in [0.4, 0.5) is 0 Å². The van der Waals surface area contributed by atoms with Gasteiger partial charge >= 0.3 is 0 Å². The summed E-state index contributed by atoms with van der Waals surface area (Å²) in [7, 11) is 1.92. The minimum atomic E-state index is 0.243. The lowest BCUT2D eigenvalue weighted by molar-refractivity contribution is 0.474. The van der Waals surface area contributed by atoms with E-state index in [1.807, 2.05) is 13.1 Å². The molecule has 0 aliphatic heterocycles. The number of rotatable bonds is 3. The van der Waals surface area contributed by atoms with Crippen molar-refractivity contribution in [3.8, 4) is 5.75 Å². The Labute approximate surface area is 82.3 Å². The van der Waals surface area contributed by atoms with Crippen molar-refractivity contribution in [3.05, 3.63) is 30.0 Å². The third kappa shape index (κ3) is 1.59. The molecule has 3 heteroatoms. The van der Waals surface area contributed by atoms with E-state index in [2.05, 4.69) is 5.32 Å². The Morgan fingerprint density at radius 1 is 1.43 bits per heavy atom. The Bertz CT molecular complexity index is 434. The number of hydrogen-bond donors (Lipinski definition) is 2. The predicted octanol–water partition coefficient (Wildman–Crippen LogP) is 1.90. The topological polar surface area (TPSA) is 45.4 Å². The summed E-state index contributed by atoms with van der Waals surface area (Å²) in [5.41, 5.74) is 1.92. The van der Waals surface area contributed by atoms with Gasteiger partial charge in [0.05, 0.1) is 6.26 Å². The van der Waals surface area contributed by atoms with Gasteiger partial charge in [0.2, 0.25) is 0 Å². The predicted molar refractivity (Wildman–Crippen MR) is 55.5 cm³/mol. The van der Waals surface area contributed by atoms with E-state index in [9.17, 15) is 5.11 Å². The maximum Gasteiger partial charge on any atom is 0.137 e. The van der Waals surface area contributed by atoms with E-state index in [-0.39, 0.29) is 5.75 Å². The van der Waals surface area contributed by atoms with Crippen LogP contribution in [-0.4, -0.2) is 18.7 Å². The smallest absolute Gasteiger partial charge is 0.137 e. The molecule has 0 radical (unpaired) electrons. The first-order chi connectivity index (χ1) is 6.81. The summed E-state index contributed by atoms with van der Waals surface area (Å²) in [6, 6.07) is 5.21. The molecular formula is C11H13NO2. The van der Waals surface area contributed by atoms with Crippen LogP contribution in [0.25, 0.3) is 11.0 Å². The molecule has 0 aliphatic carbocycles. The molecule has 14 heavy (non-hydrogen) atoms. The Morgan fingerprint density at radius 2 is 2.29 bits per heavy atom. The molecule has 1 aromatic heterocycles. The van der Waals surface area contributed by atoms with Gasteiger partial charge in [0.15, 0.2) is 0 Å². The highest BCUT2D eigenvalue weighted by Gasteiger charge is 2.05. The number of nitrogens with one attached hydrogen (secondary N) is 1. The largest absolute Gasteiger partial charge is 0.508 e. The second-order valence-electron chi connectivity index (χ2n) is 3.29. The van der Waals surface area contributed by atoms with Gasteiger partial charge in [-0.25, -0.2) is 0 Å². The van der Waals surface area contributed by atoms with Crippen molar-refractivity contribution in [1.82, 2.24) is 5.32 Å². The van der Waals surface area contributed by atoms with Gasteiger partial charge in [0, 0.05) is 11.5 Å². The monoisotopic (exact) mass is 191 g/mol. The highest BCUT2D eigenvalue weighted by atomic mass is 16.3. The zero-order valence-corrected chi connectivity index (χ0v) is 8.08. The van der Waals surface area contributed by atoms with Gasteiger partial charge in [-0.15, -0.1) is 0 Å². The molecule has 74 valence electrons. The number of furan rings is 1. The summed E-state index contributed by atoms with van der Waals surface area (Å²) in [5, 5.41) is 13.4. The van der Waals surface area contributed by atoms with Crippen LogP contribution in [0.15, 0.2) is 28.9 Å². The van der Waals surface area contributed by atoms with Crippen molar-refractivity contribution in [2.45, 2.75) is 6.42 Å². The molecule has 1 aromatic carbocycles. The van der Waals surface area contributed by atoms with Gasteiger partial charge in [0.1, 0.15) is 11.3 Å². The molecule has 2 aromatic rings. The van der Waals surface area contributed by atoms with E-state index < -0.39 is 0 Å². The zero-order chi connectivity index (χ0) is 9.97. The Kier molecular flexibility index (Phi) is 2.41. The van der Waals surface area contributed by atoms with E-state index in [0.717, 1.165) is 23.9 Å². The van der Waals surface area contributed by atoms with Gasteiger partial charge in [-0.05, 0) is 37.7 Å². The average molecular weight is 191 g/mol. The summed E-state index contributed by atoms with van der Waals surface area (Å²) in [6.45, 7) is 0.926. The molecule has 2 N–H and O–H groups in total. The molecule has 2 rings (SSSR count). The van der Waals surface area contributed by atoms with Crippen LogP contribution in [0.5, 0.6) is 5.75 Å². The minimum absolute atomic E-state index is 0.243. The summed E-state index contributed by atoms with van der Waals surface area (Å²) in [5.74, 6) is 0.243. The van der Waals surface area contributed by atoms with Crippen molar-refractivity contribution in [3.63, 3.8) is 0 Å². The van der Waals surface area contributed by atoms with Crippen LogP contribution in [-0.2, 0) is 6.42 Å². The lowest BCUT2D eigenvalue weighted by Gasteiger charge is -1.96. The van der Waals surface area contributed by atoms with Gasteiger partial charge in [-0.2, -0.15) is 0 Å². The van der Waals surface area contributed by atoms with Crippen LogP contribution in [0.1, 0.15) is 5.56 Å². The van der Waals surface area contributed by atoms with E-state index in [1.165, 1.54) is 5.56 Å². The third-order valence-corrected chi connectivity index (χ3v) is 2.28. The fourth-order valence-electron chi connectivity index (χ4n) is 1.53. The number of fused-ring (bicyclic) bond motifs is 1. The third-order valence-electron chi connectivity index (χ3n) is 2.28. The molecule has 1 heterocycles. The molecule has 0 amide bonds. The van der Waals surface area contributed by atoms with Gasteiger partial charge in [-0.1, -0.05) is 0 Å². The average Bonchev–Trinajstić information content (AvgIpc) is 2.57. The molecule has 3 nitrogen and oxygen atoms in total. The maximum absolute atomic E-state index is 9.24. The number of hydrogen-bond acceptors (Lipinski definition) is 3. The number of phenolic OH excluding ortho intramolecular Hbond substituents is 1. The van der Waals surface area contributed by atoms with Crippen LogP contribution in [0, 0.1) is 0 Å². The molecule has 0 saturated heterocycles. The van der Waals surface area contributed by atoms with Gasteiger partial charge < -0.3 is 14.8 Å². The van der Waals surface area contributed by atoms with Crippen molar-refractivity contribution in [1.29, 1.82) is 0 Å². The molecule has 0 spiro atoms. The lowest BCUT2D eigenvalue weighted by atomic mass is 10.1. The normalized spacial score (nSPS) is 10.9. The Morgan fingerprint density at radius 3 is 3.07 bits per heavy atom. The van der Waals surface area contributed by atoms with Crippen LogP contribution < -0.4 is 5.32 Å². The summed E-state index contributed by atoms with van der Waals surface area (Å²) in [6.07, 6.45) is 2.69. The second-order valence-corrected chi connectivity index (χ2v) is 3.29. The summed E-state index contributed by atoms with van der Waals surface area (Å²) >= 11 is 0. The van der Waals surface area contributed by atoms with E-state index in [1.54, 1.807) is 18.4 Å². The summed E-state index contributed by atoms with van der Waals surface area (Å²) < 4.78 is 5.34. The number of aromatic hydroxyl groups is 1. The Hall–Kier alpha value is -1.48. The highest BCUT2D eigenvalue weighted by Crippen LogP contribution is 2.24. The quantitative estimate of drug-likeness (QED) is 0.778. The lowest BCUT2D eigenvalue weighted by Crippen LogP contribution is -2.09. The zero-order valence-electron chi connectivity index (χ0n) is 8.08. The van der Waals surface area contributed by atoms with E-state index >= 15 is 0 Å². The highest BCUT2D eigenvalue weighted by molar-refractivity contribution is 5.82. The first-order valence-corrected chi connectivity index (χ1v) is 4.65. The van der Waals surface area contributed by atoms with Crippen LogP contribution in [0.3, 0.4) is 0 Å². The molecule has 0 bridgehead atoms. The first-order valence-electron chi connectivity index (χ1n) is 4.65. The van der Waals surface area contributed by atoms with Crippen LogP contribution in [0.2, 0.25) is 0 Å². The van der Waals surface area contributed by atoms with Gasteiger partial charge in [-0.3, -0.25) is 0 Å². The summed E-state index contributed by atoms with van der Waals surface area (Å²) in [4.78, 5) is 0. The van der Waals surface area contributed by atoms with Crippen molar-refractivity contribution < 1.29 is 9.52 Å². The molecule has 0 fully saturated rings. The fourth-order valence-corrected chi connectivity index (χ4v) is 1.53. The fraction of sp³-hybridized carbons (Fsp3) is 0.273. The van der Waals surface area contributed by atoms with Crippen LogP contribution >= 0.6 is 0 Å². The first kappa shape index (κ1) is 9.09. The molecule has 0 saturated carbocycles. The van der Waals surface area contributed by atoms with Crippen molar-refractivity contribution >= 4 is 11.0 Å². The number of phenols is 1. The van der Waals surface area contributed by atoms with E-state index in [4.69, 9.17) is 4.42 Å². The van der Waals surface area contributed by atoms with E-state index in [0.29, 0.717) is 0 Å². The molecule has 0 atom stereocenters. The standard InChI is InChI=1S/C11H13NO2/c1-12-5-4-8-7-14-11-6-9(13)2-3-10(8)11/h2-3,6-7,12-13H,4-5H2,1H3. The SMILES string of the molecule is CNCCc1coc2cc(O)ccc12. The second kappa shape index (κ2) is 3.72. The number of benzene rings is 1. The molecule has 0 unspecified atom stereocenters. The Balaban J connectivity index is 2.37. The number of likely N-dealkylation sites (N-methyl/N-ethyl adjacent to an activating group) is 1. The minimum Gasteiger partial charge on any atom is -0.508 e. The molecular weight excluding hydrogens is 178 g/mol.